The van der Waals surface area contributed by atoms with Gasteiger partial charge in [-0.2, -0.15) is 0 Å². The van der Waals surface area contributed by atoms with Gasteiger partial charge in [-0.05, 0) is 85.1 Å². The van der Waals surface area contributed by atoms with Gasteiger partial charge in [-0.3, -0.25) is 14.5 Å². The van der Waals surface area contributed by atoms with Crippen LogP contribution in [0.3, 0.4) is 0 Å². The first-order chi connectivity index (χ1) is 21.1. The maximum absolute atomic E-state index is 13.7. The number of aryl methyl sites for hydroxylation is 2. The lowest BCUT2D eigenvalue weighted by atomic mass is 9.93. The van der Waals surface area contributed by atoms with Gasteiger partial charge in [-0.15, -0.1) is 0 Å². The lowest BCUT2D eigenvalue weighted by Gasteiger charge is -2.37. The number of amides is 2. The number of aliphatic hydroxyl groups is 1. The lowest BCUT2D eigenvalue weighted by molar-refractivity contribution is -0.138. The van der Waals surface area contributed by atoms with Crippen LogP contribution >= 0.6 is 0 Å². The highest BCUT2D eigenvalue weighted by Gasteiger charge is 2.50. The van der Waals surface area contributed by atoms with Crippen molar-refractivity contribution < 1.29 is 24.2 Å². The van der Waals surface area contributed by atoms with Crippen LogP contribution in [0.1, 0.15) is 48.4 Å². The maximum Gasteiger partial charge on any atom is 0.231 e. The summed E-state index contributed by atoms with van der Waals surface area (Å²) in [5.41, 5.74) is 6.38. The molecule has 1 fully saturated rings. The van der Waals surface area contributed by atoms with Gasteiger partial charge >= 0.3 is 0 Å². The minimum absolute atomic E-state index is 0.0289. The number of hydrogen-bond donors (Lipinski definition) is 2. The average molecular weight is 613 g/mol. The summed E-state index contributed by atoms with van der Waals surface area (Å²) in [5.74, 6) is 0.187. The van der Waals surface area contributed by atoms with Crippen molar-refractivity contribution in [1.82, 2.24) is 4.90 Å². The van der Waals surface area contributed by atoms with Crippen molar-refractivity contribution >= 4 is 31.5 Å². The van der Waals surface area contributed by atoms with Crippen LogP contribution in [0.5, 0.6) is 0 Å². The predicted octanol–water partition coefficient (Wildman–Crippen LogP) is 5.54. The summed E-state index contributed by atoms with van der Waals surface area (Å²) in [6, 6.07) is 24.2. The van der Waals surface area contributed by atoms with Crippen LogP contribution in [0.15, 0.2) is 72.8 Å². The van der Waals surface area contributed by atoms with E-state index in [0.717, 1.165) is 41.8 Å². The third kappa shape index (κ3) is 6.13. The molecule has 44 heavy (non-hydrogen) atoms. The van der Waals surface area contributed by atoms with Gasteiger partial charge in [0, 0.05) is 24.2 Å². The molecule has 7 nitrogen and oxygen atoms in total. The molecule has 8 heteroatoms. The maximum atomic E-state index is 13.7. The quantitative estimate of drug-likeness (QED) is 0.326. The Bertz CT molecular complexity index is 1520. The summed E-state index contributed by atoms with van der Waals surface area (Å²) in [4.78, 5) is 41.7. The fraction of sp³-hybridized carbons (Fsp3) is 0.444. The molecule has 6 rings (SSSR count). The van der Waals surface area contributed by atoms with E-state index in [9.17, 15) is 19.5 Å². The second-order valence-electron chi connectivity index (χ2n) is 13.4. The topological polar surface area (TPSA) is 90.3 Å². The molecule has 2 amide bonds. The van der Waals surface area contributed by atoms with E-state index in [-0.39, 0.29) is 54.6 Å². The highest BCUT2D eigenvalue weighted by molar-refractivity contribution is 6.71. The van der Waals surface area contributed by atoms with Gasteiger partial charge < -0.3 is 19.5 Å². The first kappa shape index (κ1) is 30.7. The van der Waals surface area contributed by atoms with Crippen LogP contribution < -0.4 is 4.90 Å². The number of hydrogen-bond acceptors (Lipinski definition) is 5. The number of anilines is 2. The number of carbonyl (C=O) groups excluding carboxylic acids is 2. The van der Waals surface area contributed by atoms with E-state index < -0.39 is 8.32 Å². The van der Waals surface area contributed by atoms with Gasteiger partial charge in [0.05, 0.1) is 37.0 Å². The Morgan fingerprint density at radius 2 is 1.68 bits per heavy atom. The number of nitrogens with zero attached hydrogens (tertiary/aromatic N) is 2. The van der Waals surface area contributed by atoms with Crippen LogP contribution in [0.4, 0.5) is 11.4 Å². The Hall–Kier alpha value is -3.30. The average Bonchev–Trinajstić information content (AvgIpc) is 3.33. The SMILES string of the molecule is C[C@H]1[C@H]([Si](C)(C)O)[C@@H](CC(=O)N2Cc3ccccc3C[C@H]2CO)O[C@H]1CCc1cccc(N2C(=O)CCc3ccccc32)c1. The molecule has 0 saturated carbocycles. The fourth-order valence-electron chi connectivity index (χ4n) is 7.81. The minimum Gasteiger partial charge on any atom is -0.432 e. The summed E-state index contributed by atoms with van der Waals surface area (Å²) in [7, 11) is -2.66. The van der Waals surface area contributed by atoms with Crippen LogP contribution in [0.25, 0.3) is 0 Å². The Morgan fingerprint density at radius 1 is 0.955 bits per heavy atom. The molecule has 0 radical (unpaired) electrons. The highest BCUT2D eigenvalue weighted by Crippen LogP contribution is 2.46. The van der Waals surface area contributed by atoms with Crippen molar-refractivity contribution in [2.75, 3.05) is 11.5 Å². The zero-order valence-electron chi connectivity index (χ0n) is 26.0. The number of benzene rings is 3. The number of fused-ring (bicyclic) bond motifs is 2. The fourth-order valence-corrected chi connectivity index (χ4v) is 10.4. The third-order valence-electron chi connectivity index (χ3n) is 9.96. The minimum atomic E-state index is -2.66. The molecule has 3 aliphatic rings. The lowest BCUT2D eigenvalue weighted by Crippen LogP contribution is -2.48. The summed E-state index contributed by atoms with van der Waals surface area (Å²) in [5, 5.41) is 10.1. The molecule has 2 N–H and O–H groups in total. The van der Waals surface area contributed by atoms with Gasteiger partial charge in [-0.1, -0.05) is 61.5 Å². The zero-order chi connectivity index (χ0) is 31.0. The molecule has 5 atom stereocenters. The second-order valence-corrected chi connectivity index (χ2v) is 17.3. The van der Waals surface area contributed by atoms with Crippen molar-refractivity contribution in [1.29, 1.82) is 0 Å². The largest absolute Gasteiger partial charge is 0.432 e. The molecule has 3 aromatic carbocycles. The van der Waals surface area contributed by atoms with E-state index >= 15 is 0 Å². The monoisotopic (exact) mass is 612 g/mol. The van der Waals surface area contributed by atoms with Gasteiger partial charge in [-0.25, -0.2) is 0 Å². The van der Waals surface area contributed by atoms with E-state index in [2.05, 4.69) is 37.3 Å². The van der Waals surface area contributed by atoms with Crippen LogP contribution in [0.2, 0.25) is 18.6 Å². The molecule has 3 heterocycles. The van der Waals surface area contributed by atoms with Crippen molar-refractivity contribution in [2.45, 2.75) is 88.9 Å². The molecule has 232 valence electrons. The van der Waals surface area contributed by atoms with Gasteiger partial charge in [0.25, 0.3) is 0 Å². The van der Waals surface area contributed by atoms with Crippen molar-refractivity contribution in [3.8, 4) is 0 Å². The molecule has 3 aromatic rings. The van der Waals surface area contributed by atoms with Gasteiger partial charge in [0.15, 0.2) is 8.32 Å². The van der Waals surface area contributed by atoms with Crippen LogP contribution in [-0.4, -0.2) is 59.8 Å². The van der Waals surface area contributed by atoms with Gasteiger partial charge in [0.1, 0.15) is 0 Å². The van der Waals surface area contributed by atoms with Crippen LogP contribution in [-0.2, 0) is 40.1 Å². The van der Waals surface area contributed by atoms with Crippen molar-refractivity contribution in [3.05, 3.63) is 95.1 Å². The summed E-state index contributed by atoms with van der Waals surface area (Å²) < 4.78 is 6.64. The third-order valence-corrected chi connectivity index (χ3v) is 12.5. The number of rotatable bonds is 8. The molecular formula is C36H44N2O5Si. The smallest absolute Gasteiger partial charge is 0.231 e. The summed E-state index contributed by atoms with van der Waals surface area (Å²) in [6.07, 6.45) is 3.18. The van der Waals surface area contributed by atoms with Crippen LogP contribution in [0, 0.1) is 5.92 Å². The van der Waals surface area contributed by atoms with E-state index in [1.54, 1.807) is 4.90 Å². The molecule has 0 unspecified atom stereocenters. The molecule has 0 aromatic heterocycles. The van der Waals surface area contributed by atoms with Crippen molar-refractivity contribution in [2.24, 2.45) is 5.92 Å². The summed E-state index contributed by atoms with van der Waals surface area (Å²) >= 11 is 0. The molecule has 1 saturated heterocycles. The standard InChI is InChI=1S/C36H44N2O5Si/c1-24-32(17-15-25-9-8-13-29(19-25)38-31-14-7-6-10-26(31)16-18-34(38)40)43-33(36(24)44(2,3)42)21-35(41)37-22-28-12-5-4-11-27(28)20-30(37)23-39/h4-14,19,24,30,32-33,36,39,42H,15-18,20-23H2,1-3H3/t24-,30+,32+,33-,36+/m1/s1. The number of carbonyl (C=O) groups is 2. The van der Waals surface area contributed by atoms with E-state index in [4.69, 9.17) is 4.74 Å². The van der Waals surface area contributed by atoms with E-state index in [0.29, 0.717) is 19.4 Å². The Balaban J connectivity index is 1.15. The number of ether oxygens (including phenoxy) is 1. The second kappa shape index (κ2) is 12.6. The molecular weight excluding hydrogens is 568 g/mol. The first-order valence-electron chi connectivity index (χ1n) is 16.0. The van der Waals surface area contributed by atoms with E-state index in [1.165, 1.54) is 11.1 Å². The molecule has 3 aliphatic heterocycles. The Kier molecular flexibility index (Phi) is 8.79. The molecule has 0 aliphatic carbocycles. The van der Waals surface area contributed by atoms with Crippen molar-refractivity contribution in [3.63, 3.8) is 0 Å². The zero-order valence-corrected chi connectivity index (χ0v) is 27.0. The Morgan fingerprint density at radius 3 is 2.43 bits per heavy atom. The molecule has 0 spiro atoms. The first-order valence-corrected chi connectivity index (χ1v) is 19.0. The Labute approximate surface area is 261 Å². The summed E-state index contributed by atoms with van der Waals surface area (Å²) in [6.45, 7) is 6.45. The molecule has 0 bridgehead atoms. The normalized spacial score (nSPS) is 25.1. The highest BCUT2D eigenvalue weighted by atomic mass is 28.4. The number of para-hydroxylation sites is 1. The predicted molar refractivity (Wildman–Crippen MR) is 174 cm³/mol. The van der Waals surface area contributed by atoms with Gasteiger partial charge in [0.2, 0.25) is 11.8 Å². The number of aliphatic hydroxyl groups excluding tert-OH is 1. The van der Waals surface area contributed by atoms with E-state index in [1.807, 2.05) is 60.5 Å².